The van der Waals surface area contributed by atoms with Gasteiger partial charge in [0.15, 0.2) is 0 Å². The van der Waals surface area contributed by atoms with Crippen molar-refractivity contribution in [3.63, 3.8) is 0 Å². The van der Waals surface area contributed by atoms with Crippen LogP contribution < -0.4 is 21.7 Å². The first-order valence-corrected chi connectivity index (χ1v) is 10.3. The van der Waals surface area contributed by atoms with Crippen molar-refractivity contribution in [2.45, 2.75) is 32.9 Å². The van der Waals surface area contributed by atoms with Gasteiger partial charge in [0, 0.05) is 23.5 Å². The molecule has 166 valence electrons. The number of amides is 2. The summed E-state index contributed by atoms with van der Waals surface area (Å²) in [6.07, 6.45) is -0.489. The number of carbonyl (C=O) groups excluding carboxylic acids is 2. The van der Waals surface area contributed by atoms with Crippen molar-refractivity contribution < 1.29 is 14.3 Å². The molecule has 0 fully saturated rings. The van der Waals surface area contributed by atoms with E-state index in [0.717, 1.165) is 11.3 Å². The SMILES string of the molecule is CC(C)(C)OC(=O)Nc1ccc(NCc2ccc(C(=O)Nc3ccccc3N)cc2)cc1. The van der Waals surface area contributed by atoms with Crippen LogP contribution in [0.5, 0.6) is 0 Å². The van der Waals surface area contributed by atoms with Gasteiger partial charge in [0.2, 0.25) is 0 Å². The quantitative estimate of drug-likeness (QED) is 0.386. The van der Waals surface area contributed by atoms with E-state index in [1.54, 1.807) is 36.4 Å². The lowest BCUT2D eigenvalue weighted by Crippen LogP contribution is -2.27. The van der Waals surface area contributed by atoms with E-state index in [2.05, 4.69) is 16.0 Å². The Bertz CT molecular complexity index is 1070. The zero-order valence-corrected chi connectivity index (χ0v) is 18.4. The van der Waals surface area contributed by atoms with E-state index in [-0.39, 0.29) is 5.91 Å². The minimum atomic E-state index is -0.545. The average Bonchev–Trinajstić information content (AvgIpc) is 2.74. The van der Waals surface area contributed by atoms with E-state index in [1.165, 1.54) is 0 Å². The van der Waals surface area contributed by atoms with Gasteiger partial charge >= 0.3 is 6.09 Å². The number of nitrogens with two attached hydrogens (primary N) is 1. The monoisotopic (exact) mass is 432 g/mol. The Kier molecular flexibility index (Phi) is 7.00. The summed E-state index contributed by atoms with van der Waals surface area (Å²) in [6.45, 7) is 6.04. The molecule has 0 saturated heterocycles. The Morgan fingerprint density at radius 1 is 0.844 bits per heavy atom. The fourth-order valence-electron chi connectivity index (χ4n) is 2.88. The Morgan fingerprint density at radius 3 is 2.09 bits per heavy atom. The molecule has 7 heteroatoms. The van der Waals surface area contributed by atoms with Gasteiger partial charge in [-0.15, -0.1) is 0 Å². The van der Waals surface area contributed by atoms with Crippen LogP contribution in [0, 0.1) is 0 Å². The Labute approximate surface area is 188 Å². The highest BCUT2D eigenvalue weighted by Gasteiger charge is 2.16. The Hall–Kier alpha value is -4.00. The van der Waals surface area contributed by atoms with Gasteiger partial charge in [-0.05, 0) is 74.9 Å². The standard InChI is InChI=1S/C25H28N4O3/c1-25(2,3)32-24(31)28-20-14-12-19(13-15-20)27-16-17-8-10-18(11-9-17)23(30)29-22-7-5-4-6-21(22)26/h4-15,27H,16,26H2,1-3H3,(H,28,31)(H,29,30). The average molecular weight is 433 g/mol. The fourth-order valence-corrected chi connectivity index (χ4v) is 2.88. The van der Waals surface area contributed by atoms with Gasteiger partial charge in [0.05, 0.1) is 11.4 Å². The third-order valence-corrected chi connectivity index (χ3v) is 4.45. The molecule has 0 unspecified atom stereocenters. The molecule has 0 spiro atoms. The molecule has 0 heterocycles. The fraction of sp³-hybridized carbons (Fsp3) is 0.200. The normalized spacial score (nSPS) is 10.8. The minimum absolute atomic E-state index is 0.213. The largest absolute Gasteiger partial charge is 0.444 e. The van der Waals surface area contributed by atoms with Gasteiger partial charge in [-0.1, -0.05) is 24.3 Å². The highest BCUT2D eigenvalue weighted by molar-refractivity contribution is 6.05. The van der Waals surface area contributed by atoms with Gasteiger partial charge in [-0.3, -0.25) is 10.1 Å². The molecule has 0 saturated carbocycles. The number of ether oxygens (including phenoxy) is 1. The molecule has 0 atom stereocenters. The third kappa shape index (κ3) is 6.77. The smallest absolute Gasteiger partial charge is 0.412 e. The number of rotatable bonds is 6. The number of anilines is 4. The Balaban J connectivity index is 1.51. The van der Waals surface area contributed by atoms with Crippen molar-refractivity contribution >= 4 is 34.7 Å². The molecule has 0 bridgehead atoms. The van der Waals surface area contributed by atoms with Crippen molar-refractivity contribution in [2.75, 3.05) is 21.7 Å². The van der Waals surface area contributed by atoms with Crippen LogP contribution in [0.2, 0.25) is 0 Å². The molecule has 0 aromatic heterocycles. The molecule has 0 radical (unpaired) electrons. The van der Waals surface area contributed by atoms with Crippen molar-refractivity contribution in [1.82, 2.24) is 0 Å². The number of benzene rings is 3. The highest BCUT2D eigenvalue weighted by atomic mass is 16.6. The molecule has 3 rings (SSSR count). The lowest BCUT2D eigenvalue weighted by Gasteiger charge is -2.19. The number of hydrogen-bond acceptors (Lipinski definition) is 5. The van der Waals surface area contributed by atoms with E-state index >= 15 is 0 Å². The lowest BCUT2D eigenvalue weighted by atomic mass is 10.1. The van der Waals surface area contributed by atoms with Crippen molar-refractivity contribution in [3.05, 3.63) is 83.9 Å². The van der Waals surface area contributed by atoms with Crippen LogP contribution in [0.25, 0.3) is 0 Å². The van der Waals surface area contributed by atoms with Crippen molar-refractivity contribution in [2.24, 2.45) is 0 Å². The molecular weight excluding hydrogens is 404 g/mol. The molecule has 0 aliphatic rings. The van der Waals surface area contributed by atoms with Crippen LogP contribution in [0.3, 0.4) is 0 Å². The minimum Gasteiger partial charge on any atom is -0.444 e. The predicted molar refractivity (Wildman–Crippen MR) is 129 cm³/mol. The number of nitrogen functional groups attached to an aromatic ring is 1. The maximum Gasteiger partial charge on any atom is 0.412 e. The van der Waals surface area contributed by atoms with Crippen LogP contribution in [-0.4, -0.2) is 17.6 Å². The summed E-state index contributed by atoms with van der Waals surface area (Å²) in [5, 5.41) is 8.83. The van der Waals surface area contributed by atoms with Gasteiger partial charge in [0.1, 0.15) is 5.60 Å². The summed E-state index contributed by atoms with van der Waals surface area (Å²) in [5.41, 5.74) is 9.57. The molecule has 2 amide bonds. The summed E-state index contributed by atoms with van der Waals surface area (Å²) in [5.74, 6) is -0.213. The van der Waals surface area contributed by atoms with E-state index in [1.807, 2.05) is 57.2 Å². The molecule has 3 aromatic carbocycles. The first-order chi connectivity index (χ1) is 15.2. The first kappa shape index (κ1) is 22.7. The molecule has 7 nitrogen and oxygen atoms in total. The number of para-hydroxylation sites is 2. The summed E-state index contributed by atoms with van der Waals surface area (Å²) in [6, 6.07) is 21.8. The number of nitrogens with one attached hydrogen (secondary N) is 3. The van der Waals surface area contributed by atoms with Gasteiger partial charge < -0.3 is 21.1 Å². The first-order valence-electron chi connectivity index (χ1n) is 10.3. The van der Waals surface area contributed by atoms with Crippen molar-refractivity contribution in [1.29, 1.82) is 0 Å². The van der Waals surface area contributed by atoms with E-state index in [4.69, 9.17) is 10.5 Å². The highest BCUT2D eigenvalue weighted by Crippen LogP contribution is 2.19. The number of carbonyl (C=O) groups is 2. The van der Waals surface area contributed by atoms with Crippen LogP contribution in [0.4, 0.5) is 27.5 Å². The zero-order chi connectivity index (χ0) is 23.1. The molecule has 5 N–H and O–H groups in total. The molecule has 3 aromatic rings. The lowest BCUT2D eigenvalue weighted by molar-refractivity contribution is 0.0635. The van der Waals surface area contributed by atoms with Gasteiger partial charge in [-0.25, -0.2) is 4.79 Å². The van der Waals surface area contributed by atoms with E-state index in [0.29, 0.717) is 29.2 Å². The molecule has 0 aliphatic carbocycles. The summed E-state index contributed by atoms with van der Waals surface area (Å²) >= 11 is 0. The zero-order valence-electron chi connectivity index (χ0n) is 18.4. The maximum absolute atomic E-state index is 12.4. The maximum atomic E-state index is 12.4. The van der Waals surface area contributed by atoms with E-state index in [9.17, 15) is 9.59 Å². The number of hydrogen-bond donors (Lipinski definition) is 4. The van der Waals surface area contributed by atoms with Crippen molar-refractivity contribution in [3.8, 4) is 0 Å². The van der Waals surface area contributed by atoms with Crippen LogP contribution >= 0.6 is 0 Å². The molecule has 0 aliphatic heterocycles. The van der Waals surface area contributed by atoms with Crippen LogP contribution in [-0.2, 0) is 11.3 Å². The van der Waals surface area contributed by atoms with Gasteiger partial charge in [0.25, 0.3) is 5.91 Å². The second-order valence-electron chi connectivity index (χ2n) is 8.30. The van der Waals surface area contributed by atoms with E-state index < -0.39 is 11.7 Å². The summed E-state index contributed by atoms with van der Waals surface area (Å²) in [4.78, 5) is 24.3. The predicted octanol–water partition coefficient (Wildman–Crippen LogP) is 5.48. The summed E-state index contributed by atoms with van der Waals surface area (Å²) < 4.78 is 5.24. The van der Waals surface area contributed by atoms with Crippen LogP contribution in [0.1, 0.15) is 36.7 Å². The molecular formula is C25H28N4O3. The topological polar surface area (TPSA) is 105 Å². The third-order valence-electron chi connectivity index (χ3n) is 4.45. The second-order valence-corrected chi connectivity index (χ2v) is 8.30. The molecule has 32 heavy (non-hydrogen) atoms. The second kappa shape index (κ2) is 9.87. The summed E-state index contributed by atoms with van der Waals surface area (Å²) in [7, 11) is 0. The van der Waals surface area contributed by atoms with Crippen LogP contribution in [0.15, 0.2) is 72.8 Å². The Morgan fingerprint density at radius 2 is 1.47 bits per heavy atom. The van der Waals surface area contributed by atoms with Gasteiger partial charge in [-0.2, -0.15) is 0 Å².